The molecule has 9 nitrogen and oxygen atoms in total. The normalized spacial score (nSPS) is 13.8. The first-order valence-corrected chi connectivity index (χ1v) is 9.23. The predicted molar refractivity (Wildman–Crippen MR) is 103 cm³/mol. The molecule has 2 aromatic rings. The molecule has 9 heteroatoms. The monoisotopic (exact) mass is 392 g/mol. The van der Waals surface area contributed by atoms with Crippen LogP contribution in [0, 0.1) is 5.92 Å². The number of hydrogen-bond acceptors (Lipinski definition) is 6. The second-order valence-corrected chi connectivity index (χ2v) is 7.85. The zero-order valence-corrected chi connectivity index (χ0v) is 17.2. The van der Waals surface area contributed by atoms with Crippen LogP contribution in [0.1, 0.15) is 58.5 Å². The van der Waals surface area contributed by atoms with Gasteiger partial charge in [0.2, 0.25) is 0 Å². The van der Waals surface area contributed by atoms with E-state index in [1.807, 2.05) is 13.8 Å². The third-order valence-electron chi connectivity index (χ3n) is 4.37. The van der Waals surface area contributed by atoms with E-state index in [4.69, 9.17) is 9.26 Å². The van der Waals surface area contributed by atoms with Gasteiger partial charge in [-0.05, 0) is 26.7 Å². The summed E-state index contributed by atoms with van der Waals surface area (Å²) in [5, 5.41) is 6.92. The van der Waals surface area contributed by atoms with E-state index in [1.165, 1.54) is 23.9 Å². The number of alkyl carbamates (subject to hydrolysis) is 1. The summed E-state index contributed by atoms with van der Waals surface area (Å²) in [5.74, 6) is 0.528. The van der Waals surface area contributed by atoms with Gasteiger partial charge in [-0.25, -0.2) is 9.59 Å². The Morgan fingerprint density at radius 2 is 2.04 bits per heavy atom. The van der Waals surface area contributed by atoms with Crippen molar-refractivity contribution in [2.75, 3.05) is 0 Å². The molecule has 1 amide bonds. The van der Waals surface area contributed by atoms with E-state index < -0.39 is 23.4 Å². The van der Waals surface area contributed by atoms with E-state index >= 15 is 0 Å². The molecule has 28 heavy (non-hydrogen) atoms. The van der Waals surface area contributed by atoms with Crippen molar-refractivity contribution in [1.82, 2.24) is 19.6 Å². The lowest BCUT2D eigenvalue weighted by molar-refractivity contribution is 0.0484. The summed E-state index contributed by atoms with van der Waals surface area (Å²) in [6.07, 6.45) is 1.69. The molecule has 0 saturated carbocycles. The average molecular weight is 392 g/mol. The van der Waals surface area contributed by atoms with Crippen molar-refractivity contribution < 1.29 is 14.1 Å². The summed E-state index contributed by atoms with van der Waals surface area (Å²) in [5.41, 5.74) is -0.884. The molecule has 0 radical (unpaired) electrons. The largest absolute Gasteiger partial charge is 0.444 e. The molecule has 0 aliphatic heterocycles. The van der Waals surface area contributed by atoms with Crippen molar-refractivity contribution in [2.45, 2.75) is 59.2 Å². The van der Waals surface area contributed by atoms with Crippen LogP contribution in [0.3, 0.4) is 0 Å². The quantitative estimate of drug-likeness (QED) is 0.807. The van der Waals surface area contributed by atoms with Crippen LogP contribution in [-0.4, -0.2) is 26.0 Å². The Labute approximate surface area is 163 Å². The number of aromatic nitrogens is 3. The summed E-state index contributed by atoms with van der Waals surface area (Å²) in [6.45, 7) is 9.52. The van der Waals surface area contributed by atoms with E-state index in [9.17, 15) is 14.4 Å². The van der Waals surface area contributed by atoms with E-state index in [0.29, 0.717) is 11.5 Å². The van der Waals surface area contributed by atoms with E-state index in [0.717, 1.165) is 11.0 Å². The highest BCUT2D eigenvalue weighted by molar-refractivity contribution is 5.68. The molecule has 2 aromatic heterocycles. The maximum absolute atomic E-state index is 12.2. The molecular weight excluding hydrogens is 364 g/mol. The van der Waals surface area contributed by atoms with Crippen molar-refractivity contribution >= 4 is 6.09 Å². The number of carbonyl (C=O) groups excluding carboxylic acids is 1. The lowest BCUT2D eigenvalue weighted by Crippen LogP contribution is -2.37. The third kappa shape index (κ3) is 5.34. The second-order valence-electron chi connectivity index (χ2n) is 7.85. The molecule has 2 atom stereocenters. The smallest absolute Gasteiger partial charge is 0.408 e. The van der Waals surface area contributed by atoms with Crippen LogP contribution in [0.2, 0.25) is 0 Å². The topological polar surface area (TPSA) is 108 Å². The zero-order chi connectivity index (χ0) is 21.1. The molecule has 0 spiro atoms. The number of rotatable bonds is 6. The lowest BCUT2D eigenvalue weighted by Gasteiger charge is -2.25. The number of hydrogen-bond donors (Lipinski definition) is 1. The number of ether oxygens (including phenoxy) is 1. The van der Waals surface area contributed by atoms with Gasteiger partial charge in [0, 0.05) is 25.4 Å². The fourth-order valence-corrected chi connectivity index (χ4v) is 2.63. The molecule has 0 bridgehead atoms. The molecule has 0 saturated heterocycles. The second kappa shape index (κ2) is 8.45. The molecule has 154 valence electrons. The molecule has 0 aliphatic carbocycles. The van der Waals surface area contributed by atoms with Crippen LogP contribution in [0.5, 0.6) is 0 Å². The van der Waals surface area contributed by atoms with Crippen molar-refractivity contribution in [3.05, 3.63) is 50.6 Å². The zero-order valence-electron chi connectivity index (χ0n) is 17.2. The van der Waals surface area contributed by atoms with Crippen LogP contribution in [0.15, 0.2) is 32.4 Å². The fourth-order valence-electron chi connectivity index (χ4n) is 2.63. The molecule has 1 unspecified atom stereocenters. The van der Waals surface area contributed by atoms with Crippen LogP contribution in [0.25, 0.3) is 0 Å². The Bertz CT molecular complexity index is 935. The van der Waals surface area contributed by atoms with Gasteiger partial charge in [-0.15, -0.1) is 0 Å². The highest BCUT2D eigenvalue weighted by Gasteiger charge is 2.26. The van der Waals surface area contributed by atoms with Crippen LogP contribution >= 0.6 is 0 Å². The Hall–Kier alpha value is -2.84. The average Bonchev–Trinajstić information content (AvgIpc) is 3.06. The maximum atomic E-state index is 12.2. The van der Waals surface area contributed by atoms with Gasteiger partial charge in [0.1, 0.15) is 11.3 Å². The minimum atomic E-state index is -0.608. The van der Waals surface area contributed by atoms with Gasteiger partial charge >= 0.3 is 11.8 Å². The first-order chi connectivity index (χ1) is 13.0. The number of nitrogens with zero attached hydrogens (tertiary/aromatic N) is 3. The van der Waals surface area contributed by atoms with Gasteiger partial charge in [-0.1, -0.05) is 25.4 Å². The van der Waals surface area contributed by atoms with E-state index in [-0.39, 0.29) is 18.0 Å². The lowest BCUT2D eigenvalue weighted by atomic mass is 9.96. The van der Waals surface area contributed by atoms with Gasteiger partial charge in [0.15, 0.2) is 5.76 Å². The molecular formula is C19H28N4O5. The van der Waals surface area contributed by atoms with Gasteiger partial charge < -0.3 is 14.6 Å². The van der Waals surface area contributed by atoms with Gasteiger partial charge in [0.05, 0.1) is 12.6 Å². The van der Waals surface area contributed by atoms with Gasteiger partial charge in [-0.3, -0.25) is 13.9 Å². The minimum Gasteiger partial charge on any atom is -0.444 e. The van der Waals surface area contributed by atoms with E-state index in [2.05, 4.69) is 10.5 Å². The number of nitrogens with one attached hydrogen (secondary N) is 1. The van der Waals surface area contributed by atoms with Crippen molar-refractivity contribution in [3.63, 3.8) is 0 Å². The van der Waals surface area contributed by atoms with Gasteiger partial charge in [0.25, 0.3) is 5.56 Å². The molecule has 2 heterocycles. The molecule has 1 N–H and O–H groups in total. The summed E-state index contributed by atoms with van der Waals surface area (Å²) >= 11 is 0. The molecule has 0 aromatic carbocycles. The SMILES string of the molecule is CCC(C)[C@H](NC(=O)OC(C)(C)C)c1cc(Cn2ccc(=O)n(C)c2=O)on1. The Kier molecular flexibility index (Phi) is 6.48. The highest BCUT2D eigenvalue weighted by atomic mass is 16.6. The first kappa shape index (κ1) is 21.5. The Balaban J connectivity index is 2.22. The summed E-state index contributed by atoms with van der Waals surface area (Å²) in [6, 6.07) is 2.62. The maximum Gasteiger partial charge on any atom is 0.408 e. The van der Waals surface area contributed by atoms with Crippen LogP contribution < -0.4 is 16.6 Å². The Morgan fingerprint density at radius 3 is 2.64 bits per heavy atom. The first-order valence-electron chi connectivity index (χ1n) is 9.23. The van der Waals surface area contributed by atoms with Crippen molar-refractivity contribution in [1.29, 1.82) is 0 Å². The number of amides is 1. The fraction of sp³-hybridized carbons (Fsp3) is 0.579. The van der Waals surface area contributed by atoms with Crippen molar-refractivity contribution in [3.8, 4) is 0 Å². The molecule has 2 rings (SSSR count). The summed E-state index contributed by atoms with van der Waals surface area (Å²) in [7, 11) is 1.41. The molecule has 0 aliphatic rings. The minimum absolute atomic E-state index is 0.0886. The summed E-state index contributed by atoms with van der Waals surface area (Å²) in [4.78, 5) is 35.9. The van der Waals surface area contributed by atoms with Gasteiger partial charge in [-0.2, -0.15) is 0 Å². The van der Waals surface area contributed by atoms with E-state index in [1.54, 1.807) is 26.8 Å². The van der Waals surface area contributed by atoms with Crippen molar-refractivity contribution in [2.24, 2.45) is 13.0 Å². The third-order valence-corrected chi connectivity index (χ3v) is 4.37. The van der Waals surface area contributed by atoms with Crippen LogP contribution in [-0.2, 0) is 18.3 Å². The predicted octanol–water partition coefficient (Wildman–Crippen LogP) is 2.20. The Morgan fingerprint density at radius 1 is 1.36 bits per heavy atom. The summed E-state index contributed by atoms with van der Waals surface area (Å²) < 4.78 is 13.1. The van der Waals surface area contributed by atoms with Crippen LogP contribution in [0.4, 0.5) is 4.79 Å². The highest BCUT2D eigenvalue weighted by Crippen LogP contribution is 2.25. The molecule has 0 fully saturated rings. The number of carbonyl (C=O) groups is 1. The standard InChI is InChI=1S/C19H28N4O5/c1-7-12(2)16(20-17(25)27-19(3,4)5)14-10-13(28-21-14)11-23-9-8-15(24)22(6)18(23)26/h8-10,12,16H,7,11H2,1-6H3,(H,20,25)/t12?,16-/m0/s1.